The Morgan fingerprint density at radius 1 is 1.00 bits per heavy atom. The summed E-state index contributed by atoms with van der Waals surface area (Å²) in [5.41, 5.74) is 0.960. The molecule has 1 saturated carbocycles. The molecule has 168 valence electrons. The van der Waals surface area contributed by atoms with Crippen LogP contribution < -0.4 is 4.74 Å². The standard InChI is InChI=1S/C23H29NO3.C2H4O2/c1-24(2)17-21(23(26)15-7-4-8-16-23)18-11-13-20(14-12-18)27-22(25)19-9-5-3-6-10-19;1-2(3)4/h3,5-6,9-14,21,26H,4,7-8,15-17H2,1-2H3;1H3,(H,3,4). The van der Waals surface area contributed by atoms with Crippen molar-refractivity contribution in [2.45, 2.75) is 50.5 Å². The fraction of sp³-hybridized carbons (Fsp3) is 0.440. The van der Waals surface area contributed by atoms with Gasteiger partial charge >= 0.3 is 5.97 Å². The number of rotatable bonds is 6. The van der Waals surface area contributed by atoms with E-state index in [4.69, 9.17) is 14.6 Å². The zero-order chi connectivity index (χ0) is 22.9. The number of esters is 1. The summed E-state index contributed by atoms with van der Waals surface area (Å²) in [7, 11) is 4.07. The molecule has 0 heterocycles. The molecular weight excluding hydrogens is 394 g/mol. The van der Waals surface area contributed by atoms with Crippen LogP contribution in [0.2, 0.25) is 0 Å². The van der Waals surface area contributed by atoms with Gasteiger partial charge in [-0.05, 0) is 56.8 Å². The maximum atomic E-state index is 12.2. The summed E-state index contributed by atoms with van der Waals surface area (Å²) >= 11 is 0. The van der Waals surface area contributed by atoms with Crippen molar-refractivity contribution in [3.63, 3.8) is 0 Å². The van der Waals surface area contributed by atoms with Gasteiger partial charge in [0.15, 0.2) is 0 Å². The minimum Gasteiger partial charge on any atom is -0.481 e. The number of carboxylic acid groups (broad SMARTS) is 1. The van der Waals surface area contributed by atoms with Crippen molar-refractivity contribution in [1.82, 2.24) is 4.90 Å². The van der Waals surface area contributed by atoms with Crippen molar-refractivity contribution >= 4 is 11.9 Å². The summed E-state index contributed by atoms with van der Waals surface area (Å²) in [6.07, 6.45) is 5.04. The van der Waals surface area contributed by atoms with Gasteiger partial charge in [-0.15, -0.1) is 0 Å². The molecule has 0 amide bonds. The number of ether oxygens (including phenoxy) is 1. The van der Waals surface area contributed by atoms with E-state index in [1.807, 2.05) is 56.6 Å². The van der Waals surface area contributed by atoms with Gasteiger partial charge in [-0.2, -0.15) is 0 Å². The monoisotopic (exact) mass is 427 g/mol. The lowest BCUT2D eigenvalue weighted by Gasteiger charge is -2.40. The number of carbonyl (C=O) groups excluding carboxylic acids is 1. The quantitative estimate of drug-likeness (QED) is 0.527. The molecule has 0 aliphatic heterocycles. The molecule has 2 aromatic rings. The number of carbonyl (C=O) groups is 2. The first-order valence-corrected chi connectivity index (χ1v) is 10.6. The molecule has 1 unspecified atom stereocenters. The van der Waals surface area contributed by atoms with Crippen molar-refractivity contribution in [3.05, 3.63) is 65.7 Å². The molecule has 31 heavy (non-hydrogen) atoms. The highest BCUT2D eigenvalue weighted by Gasteiger charge is 2.38. The Kier molecular flexibility index (Phi) is 9.21. The molecule has 0 spiro atoms. The summed E-state index contributed by atoms with van der Waals surface area (Å²) in [5, 5.41) is 18.7. The predicted octanol–water partition coefficient (Wildman–Crippen LogP) is 4.34. The first-order chi connectivity index (χ1) is 14.7. The lowest BCUT2D eigenvalue weighted by molar-refractivity contribution is -0.134. The van der Waals surface area contributed by atoms with Gasteiger partial charge in [0.2, 0.25) is 0 Å². The van der Waals surface area contributed by atoms with Crippen LogP contribution in [0.25, 0.3) is 0 Å². The molecule has 2 N–H and O–H groups in total. The van der Waals surface area contributed by atoms with E-state index in [1.165, 1.54) is 6.42 Å². The molecule has 0 aromatic heterocycles. The Morgan fingerprint density at radius 2 is 1.55 bits per heavy atom. The minimum absolute atomic E-state index is 0.0478. The first-order valence-electron chi connectivity index (χ1n) is 10.6. The predicted molar refractivity (Wildman–Crippen MR) is 120 cm³/mol. The van der Waals surface area contributed by atoms with Crippen molar-refractivity contribution in [3.8, 4) is 5.75 Å². The average molecular weight is 428 g/mol. The van der Waals surface area contributed by atoms with Crippen LogP contribution in [0, 0.1) is 0 Å². The second-order valence-corrected chi connectivity index (χ2v) is 8.32. The summed E-state index contributed by atoms with van der Waals surface area (Å²) in [5.74, 6) is -0.627. The van der Waals surface area contributed by atoms with Crippen LogP contribution in [0.1, 0.15) is 60.9 Å². The van der Waals surface area contributed by atoms with E-state index < -0.39 is 11.6 Å². The van der Waals surface area contributed by atoms with Crippen LogP contribution in [-0.4, -0.2) is 53.3 Å². The number of benzene rings is 2. The molecular formula is C25H33NO5. The lowest BCUT2D eigenvalue weighted by Crippen LogP contribution is -2.42. The smallest absolute Gasteiger partial charge is 0.343 e. The lowest BCUT2D eigenvalue weighted by atomic mass is 9.72. The second-order valence-electron chi connectivity index (χ2n) is 8.32. The van der Waals surface area contributed by atoms with E-state index in [2.05, 4.69) is 4.90 Å². The zero-order valence-electron chi connectivity index (χ0n) is 18.6. The maximum Gasteiger partial charge on any atom is 0.343 e. The molecule has 6 heteroatoms. The molecule has 6 nitrogen and oxygen atoms in total. The van der Waals surface area contributed by atoms with Gasteiger partial charge < -0.3 is 19.8 Å². The number of likely N-dealkylation sites (N-methyl/N-ethyl adjacent to an activating group) is 1. The first kappa shape index (κ1) is 24.6. The molecule has 1 aliphatic rings. The number of aliphatic carboxylic acids is 1. The Balaban J connectivity index is 0.000000785. The third-order valence-corrected chi connectivity index (χ3v) is 5.42. The second kappa shape index (κ2) is 11.6. The van der Waals surface area contributed by atoms with Crippen LogP contribution in [0.3, 0.4) is 0 Å². The molecule has 0 bridgehead atoms. The molecule has 2 aromatic carbocycles. The number of hydrogen-bond donors (Lipinski definition) is 2. The van der Waals surface area contributed by atoms with Gasteiger partial charge in [0.05, 0.1) is 11.2 Å². The zero-order valence-corrected chi connectivity index (χ0v) is 18.6. The molecule has 1 atom stereocenters. The Bertz CT molecular complexity index is 823. The molecule has 0 saturated heterocycles. The molecule has 1 aliphatic carbocycles. The Labute approximate surface area is 184 Å². The van der Waals surface area contributed by atoms with Crippen molar-refractivity contribution < 1.29 is 24.5 Å². The van der Waals surface area contributed by atoms with Crippen LogP contribution in [0.5, 0.6) is 5.75 Å². The minimum atomic E-state index is -0.833. The Morgan fingerprint density at radius 3 is 2.06 bits per heavy atom. The van der Waals surface area contributed by atoms with Gasteiger partial charge in [0.1, 0.15) is 5.75 Å². The van der Waals surface area contributed by atoms with E-state index in [9.17, 15) is 9.90 Å². The number of hydrogen-bond acceptors (Lipinski definition) is 5. The molecule has 0 radical (unpaired) electrons. The van der Waals surface area contributed by atoms with Gasteiger partial charge in [-0.25, -0.2) is 4.79 Å². The summed E-state index contributed by atoms with van der Waals surface area (Å²) < 4.78 is 5.48. The van der Waals surface area contributed by atoms with Crippen LogP contribution >= 0.6 is 0 Å². The molecule has 1 fully saturated rings. The maximum absolute atomic E-state index is 12.2. The van der Waals surface area contributed by atoms with Crippen molar-refractivity contribution in [1.29, 1.82) is 0 Å². The van der Waals surface area contributed by atoms with E-state index in [-0.39, 0.29) is 11.9 Å². The fourth-order valence-electron chi connectivity index (χ4n) is 3.97. The van der Waals surface area contributed by atoms with Crippen LogP contribution in [-0.2, 0) is 4.79 Å². The highest BCUT2D eigenvalue weighted by molar-refractivity contribution is 5.90. The highest BCUT2D eigenvalue weighted by Crippen LogP contribution is 2.40. The van der Waals surface area contributed by atoms with Gasteiger partial charge in [0.25, 0.3) is 5.97 Å². The third kappa shape index (κ3) is 7.81. The van der Waals surface area contributed by atoms with Gasteiger partial charge in [0, 0.05) is 19.4 Å². The number of carboxylic acids is 1. The summed E-state index contributed by atoms with van der Waals surface area (Å²) in [6, 6.07) is 16.6. The molecule has 3 rings (SSSR count). The summed E-state index contributed by atoms with van der Waals surface area (Å²) in [6.45, 7) is 1.87. The fourth-order valence-corrected chi connectivity index (χ4v) is 3.97. The average Bonchev–Trinajstić information content (AvgIpc) is 2.73. The normalized spacial score (nSPS) is 16.0. The van der Waals surface area contributed by atoms with E-state index in [0.717, 1.165) is 44.7 Å². The summed E-state index contributed by atoms with van der Waals surface area (Å²) in [4.78, 5) is 23.3. The number of aliphatic hydroxyl groups is 1. The van der Waals surface area contributed by atoms with Crippen molar-refractivity contribution in [2.24, 2.45) is 0 Å². The van der Waals surface area contributed by atoms with E-state index in [1.54, 1.807) is 12.1 Å². The van der Waals surface area contributed by atoms with Crippen molar-refractivity contribution in [2.75, 3.05) is 20.6 Å². The van der Waals surface area contributed by atoms with Gasteiger partial charge in [-0.1, -0.05) is 49.6 Å². The van der Waals surface area contributed by atoms with E-state index in [0.29, 0.717) is 11.3 Å². The Hall–Kier alpha value is -2.70. The third-order valence-electron chi connectivity index (χ3n) is 5.42. The van der Waals surface area contributed by atoms with Crippen LogP contribution in [0.4, 0.5) is 0 Å². The SMILES string of the molecule is CC(=O)O.CN(C)CC(c1ccc(OC(=O)c2ccccc2)cc1)C1(O)CCCCC1. The van der Waals surface area contributed by atoms with Crippen LogP contribution in [0.15, 0.2) is 54.6 Å². The topological polar surface area (TPSA) is 87.1 Å². The van der Waals surface area contributed by atoms with E-state index >= 15 is 0 Å². The number of nitrogens with zero attached hydrogens (tertiary/aromatic N) is 1. The highest BCUT2D eigenvalue weighted by atomic mass is 16.5. The largest absolute Gasteiger partial charge is 0.481 e. The van der Waals surface area contributed by atoms with Gasteiger partial charge in [-0.3, -0.25) is 4.79 Å².